The summed E-state index contributed by atoms with van der Waals surface area (Å²) in [5.41, 5.74) is 0.412. The monoisotopic (exact) mass is 350 g/mol. The van der Waals surface area contributed by atoms with Crippen LogP contribution in [-0.2, 0) is 6.54 Å². The number of benzene rings is 1. The van der Waals surface area contributed by atoms with Gasteiger partial charge >= 0.3 is 0 Å². The molecule has 2 N–H and O–H groups in total. The van der Waals surface area contributed by atoms with Crippen molar-refractivity contribution in [2.24, 2.45) is 4.99 Å². The molecule has 1 aliphatic heterocycles. The average molecular weight is 350 g/mol. The molecule has 25 heavy (non-hydrogen) atoms. The Morgan fingerprint density at radius 2 is 2.28 bits per heavy atom. The van der Waals surface area contributed by atoms with E-state index in [0.29, 0.717) is 43.0 Å². The van der Waals surface area contributed by atoms with Crippen molar-refractivity contribution in [3.8, 4) is 0 Å². The molecule has 1 aromatic carbocycles. The van der Waals surface area contributed by atoms with E-state index in [9.17, 15) is 8.78 Å². The van der Waals surface area contributed by atoms with Gasteiger partial charge in [0.05, 0.1) is 12.2 Å². The first-order valence-electron chi connectivity index (χ1n) is 8.01. The fraction of sp³-hybridized carbons (Fsp3) is 0.438. The molecule has 1 saturated heterocycles. The highest BCUT2D eigenvalue weighted by Crippen LogP contribution is 2.24. The number of nitrogens with one attached hydrogen (secondary N) is 2. The Bertz CT molecular complexity index is 763. The van der Waals surface area contributed by atoms with E-state index < -0.39 is 11.6 Å². The number of guanidine groups is 1. The molecule has 2 aromatic rings. The van der Waals surface area contributed by atoms with Crippen LogP contribution in [0.25, 0.3) is 0 Å². The SMILES string of the molecule is CN=C(NCc1nc(C)no1)NC1CCN(c2ccc(F)cc2F)C1. The molecule has 1 aliphatic rings. The van der Waals surface area contributed by atoms with Crippen molar-refractivity contribution in [2.75, 3.05) is 25.0 Å². The number of hydrogen-bond acceptors (Lipinski definition) is 5. The molecule has 0 amide bonds. The van der Waals surface area contributed by atoms with Gasteiger partial charge in [-0.2, -0.15) is 4.98 Å². The van der Waals surface area contributed by atoms with Gasteiger partial charge < -0.3 is 20.1 Å². The van der Waals surface area contributed by atoms with Gasteiger partial charge in [0.1, 0.15) is 11.6 Å². The molecule has 0 saturated carbocycles. The van der Waals surface area contributed by atoms with Crippen LogP contribution in [0, 0.1) is 18.6 Å². The second kappa shape index (κ2) is 7.45. The maximum Gasteiger partial charge on any atom is 0.246 e. The van der Waals surface area contributed by atoms with Crippen LogP contribution in [0.1, 0.15) is 18.1 Å². The highest BCUT2D eigenvalue weighted by Gasteiger charge is 2.25. The summed E-state index contributed by atoms with van der Waals surface area (Å²) in [4.78, 5) is 10.2. The first-order chi connectivity index (χ1) is 12.0. The predicted octanol–water partition coefficient (Wildman–Crippen LogP) is 1.60. The maximum atomic E-state index is 13.9. The minimum atomic E-state index is -0.573. The number of nitrogens with zero attached hydrogens (tertiary/aromatic N) is 4. The smallest absolute Gasteiger partial charge is 0.246 e. The summed E-state index contributed by atoms with van der Waals surface area (Å²) in [5.74, 6) is 0.530. The van der Waals surface area contributed by atoms with Crippen molar-refractivity contribution in [3.63, 3.8) is 0 Å². The molecule has 0 bridgehead atoms. The lowest BCUT2D eigenvalue weighted by Gasteiger charge is -2.20. The maximum absolute atomic E-state index is 13.9. The first kappa shape index (κ1) is 17.1. The quantitative estimate of drug-likeness (QED) is 0.644. The third-order valence-electron chi connectivity index (χ3n) is 3.98. The molecule has 1 atom stereocenters. The summed E-state index contributed by atoms with van der Waals surface area (Å²) >= 11 is 0. The fourth-order valence-corrected chi connectivity index (χ4v) is 2.79. The lowest BCUT2D eigenvalue weighted by atomic mass is 10.2. The van der Waals surface area contributed by atoms with Crippen LogP contribution in [0.5, 0.6) is 0 Å². The van der Waals surface area contributed by atoms with E-state index in [1.165, 1.54) is 12.1 Å². The number of rotatable bonds is 4. The molecule has 9 heteroatoms. The molecule has 0 radical (unpaired) electrons. The van der Waals surface area contributed by atoms with E-state index in [1.54, 1.807) is 14.0 Å². The van der Waals surface area contributed by atoms with Crippen LogP contribution in [0.4, 0.5) is 14.5 Å². The van der Waals surface area contributed by atoms with Crippen molar-refractivity contribution in [2.45, 2.75) is 25.9 Å². The molecule has 134 valence electrons. The van der Waals surface area contributed by atoms with Crippen molar-refractivity contribution in [1.29, 1.82) is 0 Å². The lowest BCUT2D eigenvalue weighted by Crippen LogP contribution is -2.44. The van der Waals surface area contributed by atoms with Gasteiger partial charge in [-0.05, 0) is 25.5 Å². The summed E-state index contributed by atoms with van der Waals surface area (Å²) in [5, 5.41) is 10.1. The van der Waals surface area contributed by atoms with Crippen LogP contribution < -0.4 is 15.5 Å². The molecule has 1 fully saturated rings. The molecule has 0 aliphatic carbocycles. The van der Waals surface area contributed by atoms with E-state index in [0.717, 1.165) is 12.5 Å². The Kier molecular flexibility index (Phi) is 5.11. The number of aliphatic imine (C=N–C) groups is 1. The summed E-state index contributed by atoms with van der Waals surface area (Å²) in [6.45, 7) is 3.40. The standard InChI is InChI=1S/C16H20F2N6O/c1-10-21-15(25-23-10)8-20-16(19-2)22-12-5-6-24(9-12)14-4-3-11(17)7-13(14)18/h3-4,7,12H,5-6,8-9H2,1-2H3,(H2,19,20,22). The summed E-state index contributed by atoms with van der Waals surface area (Å²) in [6.07, 6.45) is 0.817. The molecule has 1 aromatic heterocycles. The van der Waals surface area contributed by atoms with Crippen LogP contribution in [0.2, 0.25) is 0 Å². The van der Waals surface area contributed by atoms with E-state index in [2.05, 4.69) is 25.8 Å². The van der Waals surface area contributed by atoms with Gasteiger partial charge in [0.2, 0.25) is 5.89 Å². The minimum Gasteiger partial charge on any atom is -0.367 e. The zero-order valence-corrected chi connectivity index (χ0v) is 14.1. The first-order valence-corrected chi connectivity index (χ1v) is 8.01. The second-order valence-electron chi connectivity index (χ2n) is 5.83. The normalized spacial score (nSPS) is 17.8. The van der Waals surface area contributed by atoms with E-state index in [4.69, 9.17) is 4.52 Å². The Balaban J connectivity index is 1.54. The highest BCUT2D eigenvalue weighted by atomic mass is 19.1. The minimum absolute atomic E-state index is 0.0973. The molecule has 7 nitrogen and oxygen atoms in total. The second-order valence-corrected chi connectivity index (χ2v) is 5.83. The van der Waals surface area contributed by atoms with Crippen molar-refractivity contribution in [3.05, 3.63) is 41.5 Å². The number of hydrogen-bond donors (Lipinski definition) is 2. The Morgan fingerprint density at radius 1 is 1.44 bits per heavy atom. The van der Waals surface area contributed by atoms with Gasteiger partial charge in [0.15, 0.2) is 11.8 Å². The van der Waals surface area contributed by atoms with Gasteiger partial charge in [-0.1, -0.05) is 5.16 Å². The van der Waals surface area contributed by atoms with Gasteiger partial charge in [-0.3, -0.25) is 4.99 Å². The Labute approximate surface area is 144 Å². The number of aromatic nitrogens is 2. The van der Waals surface area contributed by atoms with Crippen molar-refractivity contribution < 1.29 is 13.3 Å². The van der Waals surface area contributed by atoms with E-state index in [-0.39, 0.29) is 6.04 Å². The third kappa shape index (κ3) is 4.23. The molecule has 1 unspecified atom stereocenters. The van der Waals surface area contributed by atoms with Gasteiger partial charge in [0, 0.05) is 32.2 Å². The third-order valence-corrected chi connectivity index (χ3v) is 3.98. The van der Waals surface area contributed by atoms with Crippen molar-refractivity contribution >= 4 is 11.6 Å². The summed E-state index contributed by atoms with van der Waals surface area (Å²) < 4.78 is 32.0. The van der Waals surface area contributed by atoms with Crippen molar-refractivity contribution in [1.82, 2.24) is 20.8 Å². The zero-order valence-electron chi connectivity index (χ0n) is 14.1. The number of anilines is 1. The van der Waals surface area contributed by atoms with Crippen LogP contribution >= 0.6 is 0 Å². The Hall–Kier alpha value is -2.71. The molecule has 2 heterocycles. The topological polar surface area (TPSA) is 78.6 Å². The average Bonchev–Trinajstić information content (AvgIpc) is 3.20. The molecule has 0 spiro atoms. The van der Waals surface area contributed by atoms with Crippen LogP contribution in [-0.4, -0.2) is 42.3 Å². The molecule has 3 rings (SSSR count). The lowest BCUT2D eigenvalue weighted by molar-refractivity contribution is 0.371. The predicted molar refractivity (Wildman–Crippen MR) is 89.3 cm³/mol. The fourth-order valence-electron chi connectivity index (χ4n) is 2.79. The largest absolute Gasteiger partial charge is 0.367 e. The van der Waals surface area contributed by atoms with Gasteiger partial charge in [0.25, 0.3) is 0 Å². The molecular weight excluding hydrogens is 330 g/mol. The van der Waals surface area contributed by atoms with Gasteiger partial charge in [-0.25, -0.2) is 8.78 Å². The van der Waals surface area contributed by atoms with Crippen LogP contribution in [0.15, 0.2) is 27.7 Å². The number of halogens is 2. The van der Waals surface area contributed by atoms with Crippen LogP contribution in [0.3, 0.4) is 0 Å². The van der Waals surface area contributed by atoms with Gasteiger partial charge in [-0.15, -0.1) is 0 Å². The van der Waals surface area contributed by atoms with E-state index in [1.807, 2.05) is 4.90 Å². The zero-order chi connectivity index (χ0) is 17.8. The Morgan fingerprint density at radius 3 is 2.96 bits per heavy atom. The summed E-state index contributed by atoms with van der Waals surface area (Å²) in [6, 6.07) is 3.74. The number of aryl methyl sites for hydroxylation is 1. The van der Waals surface area contributed by atoms with E-state index >= 15 is 0 Å². The molecular formula is C16H20F2N6O. The highest BCUT2D eigenvalue weighted by molar-refractivity contribution is 5.80. The summed E-state index contributed by atoms with van der Waals surface area (Å²) in [7, 11) is 1.67.